The van der Waals surface area contributed by atoms with Gasteiger partial charge in [-0.15, -0.1) is 0 Å². The summed E-state index contributed by atoms with van der Waals surface area (Å²) in [6.45, 7) is -0.208. The number of aromatic nitrogens is 1. The van der Waals surface area contributed by atoms with Crippen molar-refractivity contribution in [3.05, 3.63) is 71.6 Å². The minimum Gasteiger partial charge on any atom is -0.487 e. The van der Waals surface area contributed by atoms with E-state index in [1.807, 2.05) is 0 Å². The zero-order valence-corrected chi connectivity index (χ0v) is 18.1. The van der Waals surface area contributed by atoms with Gasteiger partial charge in [-0.05, 0) is 35.9 Å². The molecular weight excluding hydrogens is 458 g/mol. The molecule has 170 valence electrons. The monoisotopic (exact) mass is 475 g/mol. The van der Waals surface area contributed by atoms with E-state index in [1.54, 1.807) is 30.3 Å². The van der Waals surface area contributed by atoms with Crippen molar-refractivity contribution in [1.82, 2.24) is 4.98 Å². The second-order valence-electron chi connectivity index (χ2n) is 7.89. The minimum atomic E-state index is -3.10. The molecule has 5 rings (SSSR count). The summed E-state index contributed by atoms with van der Waals surface area (Å²) >= 11 is 1.27. The summed E-state index contributed by atoms with van der Waals surface area (Å²) in [4.78, 5) is 8.30. The molecule has 5 nitrogen and oxygen atoms in total. The number of alkyl halides is 2. The number of halogens is 4. The fourth-order valence-electron chi connectivity index (χ4n) is 3.95. The van der Waals surface area contributed by atoms with E-state index in [4.69, 9.17) is 15.2 Å². The highest BCUT2D eigenvalue weighted by Gasteiger charge is 2.47. The number of hydrogen-bond donors (Lipinski definition) is 1. The molecule has 0 unspecified atom stereocenters. The van der Waals surface area contributed by atoms with Crippen LogP contribution in [-0.4, -0.2) is 28.4 Å². The first kappa shape index (κ1) is 21.6. The number of nitrogens with zero attached hydrogens (tertiary/aromatic N) is 2. The summed E-state index contributed by atoms with van der Waals surface area (Å²) in [5.41, 5.74) is 6.47. The van der Waals surface area contributed by atoms with E-state index in [-0.39, 0.29) is 22.2 Å². The molecule has 0 amide bonds. The first-order valence-electron chi connectivity index (χ1n) is 9.92. The summed E-state index contributed by atoms with van der Waals surface area (Å²) in [5.74, 6) is -4.04. The van der Waals surface area contributed by atoms with Crippen LogP contribution in [-0.2, 0) is 5.54 Å². The van der Waals surface area contributed by atoms with Gasteiger partial charge in [0.15, 0.2) is 23.3 Å². The number of ether oxygens (including phenoxy) is 2. The van der Waals surface area contributed by atoms with Gasteiger partial charge in [0, 0.05) is 41.6 Å². The zero-order chi connectivity index (χ0) is 23.4. The number of amidine groups is 1. The first-order valence-corrected chi connectivity index (χ1v) is 10.9. The molecule has 0 saturated carbocycles. The van der Waals surface area contributed by atoms with Crippen molar-refractivity contribution >= 4 is 16.9 Å². The standard InChI is InChI=1S/C23H17F4N3O2S/c1-22(26,27)10-31-13-8-16-19(17(24)9-13)32-18-5-4-12(14-3-2-6-29-20(14)25)7-15(18)23(16)11-33-21(28)30-23/h2-9H,10-11H2,1H3,(H2,28,30)/t23-/m0/s1. The van der Waals surface area contributed by atoms with Crippen molar-refractivity contribution in [3.63, 3.8) is 0 Å². The molecule has 0 radical (unpaired) electrons. The Morgan fingerprint density at radius 1 is 1.18 bits per heavy atom. The number of pyridine rings is 1. The van der Waals surface area contributed by atoms with Gasteiger partial charge < -0.3 is 15.2 Å². The quantitative estimate of drug-likeness (QED) is 0.400. The van der Waals surface area contributed by atoms with Crippen LogP contribution in [0.4, 0.5) is 17.6 Å². The predicted molar refractivity (Wildman–Crippen MR) is 117 cm³/mol. The van der Waals surface area contributed by atoms with Crippen molar-refractivity contribution in [2.45, 2.75) is 18.4 Å². The molecule has 0 saturated heterocycles. The highest BCUT2D eigenvalue weighted by Crippen LogP contribution is 2.55. The van der Waals surface area contributed by atoms with Gasteiger partial charge in [0.1, 0.15) is 17.0 Å². The topological polar surface area (TPSA) is 69.7 Å². The summed E-state index contributed by atoms with van der Waals surface area (Å²) in [6.07, 6.45) is 1.35. The van der Waals surface area contributed by atoms with Crippen LogP contribution >= 0.6 is 11.8 Å². The number of hydrogen-bond acceptors (Lipinski definition) is 6. The number of benzene rings is 2. The van der Waals surface area contributed by atoms with E-state index >= 15 is 4.39 Å². The molecule has 2 N–H and O–H groups in total. The van der Waals surface area contributed by atoms with Gasteiger partial charge >= 0.3 is 0 Å². The molecule has 33 heavy (non-hydrogen) atoms. The van der Waals surface area contributed by atoms with E-state index < -0.39 is 29.8 Å². The van der Waals surface area contributed by atoms with Crippen LogP contribution in [0.25, 0.3) is 11.1 Å². The Labute approximate surface area is 190 Å². The van der Waals surface area contributed by atoms with Gasteiger partial charge in [-0.3, -0.25) is 0 Å². The Balaban J connectivity index is 1.67. The summed E-state index contributed by atoms with van der Waals surface area (Å²) in [5, 5.41) is 0.276. The van der Waals surface area contributed by atoms with Crippen molar-refractivity contribution in [2.24, 2.45) is 10.7 Å². The molecule has 1 spiro atoms. The average Bonchev–Trinajstić information content (AvgIpc) is 3.15. The molecule has 3 heterocycles. The molecule has 1 atom stereocenters. The lowest BCUT2D eigenvalue weighted by atomic mass is 9.80. The maximum atomic E-state index is 15.0. The largest absolute Gasteiger partial charge is 0.487 e. The lowest BCUT2D eigenvalue weighted by Crippen LogP contribution is -2.31. The van der Waals surface area contributed by atoms with Crippen LogP contribution in [0.1, 0.15) is 18.1 Å². The maximum Gasteiger partial charge on any atom is 0.278 e. The second kappa shape index (κ2) is 7.65. The van der Waals surface area contributed by atoms with Crippen LogP contribution in [0.2, 0.25) is 0 Å². The Morgan fingerprint density at radius 3 is 2.70 bits per heavy atom. The van der Waals surface area contributed by atoms with Gasteiger partial charge in [-0.25, -0.2) is 23.1 Å². The molecule has 3 aromatic rings. The minimum absolute atomic E-state index is 0.0840. The Kier molecular flexibility index (Phi) is 5.00. The molecule has 10 heteroatoms. The van der Waals surface area contributed by atoms with Gasteiger partial charge in [0.05, 0.1) is 0 Å². The number of aliphatic imine (C=N–C) groups is 1. The molecule has 0 fully saturated rings. The summed E-state index contributed by atoms with van der Waals surface area (Å²) in [6, 6.07) is 10.6. The predicted octanol–water partition coefficient (Wildman–Crippen LogP) is 5.47. The van der Waals surface area contributed by atoms with Crippen molar-refractivity contribution in [3.8, 4) is 28.4 Å². The average molecular weight is 475 g/mol. The van der Waals surface area contributed by atoms with Crippen molar-refractivity contribution in [1.29, 1.82) is 0 Å². The van der Waals surface area contributed by atoms with Crippen molar-refractivity contribution in [2.75, 3.05) is 12.4 Å². The molecule has 0 aliphatic carbocycles. The first-order chi connectivity index (χ1) is 15.7. The Hall–Kier alpha value is -3.27. The lowest BCUT2D eigenvalue weighted by molar-refractivity contribution is -0.0231. The lowest BCUT2D eigenvalue weighted by Gasteiger charge is -2.35. The van der Waals surface area contributed by atoms with Crippen LogP contribution in [0.5, 0.6) is 17.2 Å². The number of rotatable bonds is 4. The van der Waals surface area contributed by atoms with E-state index in [0.29, 0.717) is 35.1 Å². The zero-order valence-electron chi connectivity index (χ0n) is 17.2. The van der Waals surface area contributed by atoms with E-state index in [2.05, 4.69) is 9.98 Å². The molecule has 2 aliphatic heterocycles. The molecule has 2 aromatic carbocycles. The highest BCUT2D eigenvalue weighted by atomic mass is 32.2. The van der Waals surface area contributed by atoms with Gasteiger partial charge in [-0.2, -0.15) is 4.39 Å². The molecular formula is C23H17F4N3O2S. The number of nitrogens with two attached hydrogens (primary N) is 1. The molecule has 1 aromatic heterocycles. The maximum absolute atomic E-state index is 15.0. The molecule has 0 bridgehead atoms. The Morgan fingerprint density at radius 2 is 2.00 bits per heavy atom. The van der Waals surface area contributed by atoms with E-state index in [1.165, 1.54) is 24.0 Å². The van der Waals surface area contributed by atoms with E-state index in [0.717, 1.165) is 6.07 Å². The van der Waals surface area contributed by atoms with Crippen LogP contribution in [0, 0.1) is 11.8 Å². The van der Waals surface area contributed by atoms with E-state index in [9.17, 15) is 13.2 Å². The highest BCUT2D eigenvalue weighted by molar-refractivity contribution is 8.14. The van der Waals surface area contributed by atoms with Gasteiger partial charge in [0.25, 0.3) is 5.92 Å². The van der Waals surface area contributed by atoms with Crippen LogP contribution < -0.4 is 15.2 Å². The third kappa shape index (κ3) is 3.78. The van der Waals surface area contributed by atoms with Crippen molar-refractivity contribution < 1.29 is 27.0 Å². The fourth-order valence-corrected chi connectivity index (χ4v) is 4.90. The van der Waals surface area contributed by atoms with Crippen LogP contribution in [0.15, 0.2) is 53.7 Å². The number of thioether (sulfide) groups is 1. The van der Waals surface area contributed by atoms with Crippen LogP contribution in [0.3, 0.4) is 0 Å². The van der Waals surface area contributed by atoms with Gasteiger partial charge in [-0.1, -0.05) is 17.8 Å². The summed E-state index contributed by atoms with van der Waals surface area (Å²) in [7, 11) is 0. The SMILES string of the molecule is CC(F)(F)COc1cc(F)c2c(c1)[C@]1(CSC(N)=N1)c1cc(-c3cccnc3F)ccc1O2. The smallest absolute Gasteiger partial charge is 0.278 e. The molecule has 2 aliphatic rings. The normalized spacial score (nSPS) is 19.0. The number of fused-ring (bicyclic) bond motifs is 4. The third-order valence-corrected chi connectivity index (χ3v) is 6.34. The summed E-state index contributed by atoms with van der Waals surface area (Å²) < 4.78 is 67.0. The van der Waals surface area contributed by atoms with Gasteiger partial charge in [0.2, 0.25) is 5.95 Å². The third-order valence-electron chi connectivity index (χ3n) is 5.39. The Bertz CT molecular complexity index is 1300. The second-order valence-corrected chi connectivity index (χ2v) is 8.89. The fraction of sp³-hybridized carbons (Fsp3) is 0.217.